The molecule has 0 radical (unpaired) electrons. The molecule has 0 unspecified atom stereocenters. The molecule has 2 nitrogen and oxygen atoms in total. The lowest BCUT2D eigenvalue weighted by Gasteiger charge is -2.05. The van der Waals surface area contributed by atoms with E-state index in [4.69, 9.17) is 0 Å². The number of benzene rings is 2. The lowest BCUT2D eigenvalue weighted by atomic mass is 10.00. The minimum atomic E-state index is 0.254. The number of Topliss-reactive ketones (excluding diaryl/α,β-unsaturated/α-hetero) is 1. The van der Waals surface area contributed by atoms with Gasteiger partial charge in [0.25, 0.3) is 0 Å². The van der Waals surface area contributed by atoms with Crippen LogP contribution in [-0.4, -0.2) is 10.4 Å². The van der Waals surface area contributed by atoms with Crippen molar-refractivity contribution in [1.29, 1.82) is 0 Å². The number of hydrogen-bond acceptors (Lipinski definition) is 1. The van der Waals surface area contributed by atoms with Crippen LogP contribution >= 0.6 is 0 Å². The predicted octanol–water partition coefficient (Wildman–Crippen LogP) is 5.43. The topological polar surface area (TPSA) is 22.0 Å². The lowest BCUT2D eigenvalue weighted by molar-refractivity contribution is 0.0975. The number of carbonyl (C=O) groups is 1. The predicted molar refractivity (Wildman–Crippen MR) is 93.5 cm³/mol. The third-order valence-corrected chi connectivity index (χ3v) is 4.36. The Labute approximate surface area is 131 Å². The van der Waals surface area contributed by atoms with Gasteiger partial charge < -0.3 is 4.57 Å². The van der Waals surface area contributed by atoms with Gasteiger partial charge in [-0.25, -0.2) is 0 Å². The van der Waals surface area contributed by atoms with Crippen LogP contribution in [0.4, 0.5) is 0 Å². The first kappa shape index (κ1) is 14.8. The van der Waals surface area contributed by atoms with E-state index in [-0.39, 0.29) is 5.78 Å². The number of carbonyl (C=O) groups excluding carboxylic acids is 1. The van der Waals surface area contributed by atoms with Crippen molar-refractivity contribution in [2.24, 2.45) is 5.92 Å². The van der Waals surface area contributed by atoms with E-state index in [9.17, 15) is 4.79 Å². The molecule has 114 valence electrons. The number of aryl methyl sites for hydroxylation is 1. The van der Waals surface area contributed by atoms with Crippen molar-refractivity contribution in [3.05, 3.63) is 48.0 Å². The number of fused-ring (bicyclic) bond motifs is 3. The molecule has 0 saturated carbocycles. The van der Waals surface area contributed by atoms with E-state index in [2.05, 4.69) is 61.7 Å². The van der Waals surface area contributed by atoms with Crippen LogP contribution in [0.25, 0.3) is 21.8 Å². The number of aromatic nitrogens is 1. The molecule has 1 aromatic heterocycles. The molecular weight excluding hydrogens is 270 g/mol. The number of nitrogens with zero attached hydrogens (tertiary/aromatic N) is 1. The van der Waals surface area contributed by atoms with Gasteiger partial charge in [-0.1, -0.05) is 32.0 Å². The molecule has 0 aliphatic heterocycles. The van der Waals surface area contributed by atoms with Crippen LogP contribution in [0.3, 0.4) is 0 Å². The maximum absolute atomic E-state index is 12.4. The molecule has 2 heteroatoms. The van der Waals surface area contributed by atoms with Gasteiger partial charge in [-0.05, 0) is 43.5 Å². The molecule has 1 heterocycles. The fourth-order valence-electron chi connectivity index (χ4n) is 3.13. The van der Waals surface area contributed by atoms with Crippen LogP contribution in [-0.2, 0) is 6.54 Å². The van der Waals surface area contributed by atoms with Crippen LogP contribution < -0.4 is 0 Å². The third-order valence-electron chi connectivity index (χ3n) is 4.36. The SMILES string of the molecule is CCn1c2ccccc2c2cc(C(=O)CCC(C)C)ccc21. The van der Waals surface area contributed by atoms with E-state index in [1.165, 1.54) is 21.8 Å². The van der Waals surface area contributed by atoms with Gasteiger partial charge >= 0.3 is 0 Å². The second-order valence-corrected chi connectivity index (χ2v) is 6.35. The summed E-state index contributed by atoms with van der Waals surface area (Å²) in [5.41, 5.74) is 3.29. The van der Waals surface area contributed by atoms with E-state index in [1.807, 2.05) is 6.07 Å². The van der Waals surface area contributed by atoms with Crippen molar-refractivity contribution in [2.75, 3.05) is 0 Å². The molecule has 22 heavy (non-hydrogen) atoms. The van der Waals surface area contributed by atoms with E-state index >= 15 is 0 Å². The van der Waals surface area contributed by atoms with Gasteiger partial charge in [0.2, 0.25) is 0 Å². The van der Waals surface area contributed by atoms with Crippen LogP contribution in [0.1, 0.15) is 44.0 Å². The van der Waals surface area contributed by atoms with E-state index < -0.39 is 0 Å². The molecule has 0 amide bonds. The van der Waals surface area contributed by atoms with Gasteiger partial charge in [0, 0.05) is 40.3 Å². The highest BCUT2D eigenvalue weighted by Crippen LogP contribution is 2.30. The zero-order chi connectivity index (χ0) is 15.7. The highest BCUT2D eigenvalue weighted by atomic mass is 16.1. The van der Waals surface area contributed by atoms with Gasteiger partial charge in [-0.3, -0.25) is 4.79 Å². The fraction of sp³-hybridized carbons (Fsp3) is 0.350. The number of hydrogen-bond donors (Lipinski definition) is 0. The zero-order valence-corrected chi connectivity index (χ0v) is 13.6. The minimum absolute atomic E-state index is 0.254. The molecule has 3 rings (SSSR count). The Bertz CT molecular complexity index is 826. The van der Waals surface area contributed by atoms with Crippen LogP contribution in [0.2, 0.25) is 0 Å². The summed E-state index contributed by atoms with van der Waals surface area (Å²) in [7, 11) is 0. The van der Waals surface area contributed by atoms with Gasteiger partial charge in [0.1, 0.15) is 0 Å². The first-order chi connectivity index (χ1) is 10.6. The number of rotatable bonds is 5. The maximum atomic E-state index is 12.4. The molecular formula is C20H23NO. The van der Waals surface area contributed by atoms with Crippen LogP contribution in [0.15, 0.2) is 42.5 Å². The van der Waals surface area contributed by atoms with Gasteiger partial charge in [-0.2, -0.15) is 0 Å². The second-order valence-electron chi connectivity index (χ2n) is 6.35. The first-order valence-corrected chi connectivity index (χ1v) is 8.16. The molecule has 0 bridgehead atoms. The highest BCUT2D eigenvalue weighted by molar-refractivity contribution is 6.10. The smallest absolute Gasteiger partial charge is 0.162 e. The van der Waals surface area contributed by atoms with Crippen molar-refractivity contribution >= 4 is 27.6 Å². The molecule has 0 saturated heterocycles. The lowest BCUT2D eigenvalue weighted by Crippen LogP contribution is -2.01. The second kappa shape index (κ2) is 5.96. The zero-order valence-electron chi connectivity index (χ0n) is 13.6. The normalized spacial score (nSPS) is 11.6. The average molecular weight is 293 g/mol. The standard InChI is InChI=1S/C20H23NO/c1-4-21-18-8-6-5-7-16(18)17-13-15(10-11-19(17)21)20(22)12-9-14(2)3/h5-8,10-11,13-14H,4,9,12H2,1-3H3. The maximum Gasteiger partial charge on any atom is 0.162 e. The van der Waals surface area contributed by atoms with E-state index in [0.717, 1.165) is 18.5 Å². The summed E-state index contributed by atoms with van der Waals surface area (Å²) < 4.78 is 2.31. The van der Waals surface area contributed by atoms with E-state index in [0.29, 0.717) is 12.3 Å². The quantitative estimate of drug-likeness (QED) is 0.575. The third kappa shape index (κ3) is 2.54. The Morgan fingerprint density at radius 2 is 1.77 bits per heavy atom. The van der Waals surface area contributed by atoms with Crippen molar-refractivity contribution in [3.8, 4) is 0 Å². The van der Waals surface area contributed by atoms with Crippen molar-refractivity contribution in [1.82, 2.24) is 4.57 Å². The van der Waals surface area contributed by atoms with Gasteiger partial charge in [-0.15, -0.1) is 0 Å². The Balaban J connectivity index is 2.10. The molecule has 0 aliphatic rings. The molecule has 0 N–H and O–H groups in total. The minimum Gasteiger partial charge on any atom is -0.341 e. The number of ketones is 1. The van der Waals surface area contributed by atoms with E-state index in [1.54, 1.807) is 0 Å². The Morgan fingerprint density at radius 3 is 2.50 bits per heavy atom. The van der Waals surface area contributed by atoms with Crippen molar-refractivity contribution in [2.45, 2.75) is 40.2 Å². The summed E-state index contributed by atoms with van der Waals surface area (Å²) in [6, 6.07) is 14.6. The molecule has 0 aliphatic carbocycles. The average Bonchev–Trinajstić information content (AvgIpc) is 2.85. The summed E-state index contributed by atoms with van der Waals surface area (Å²) in [6.07, 6.45) is 1.59. The fourth-order valence-corrected chi connectivity index (χ4v) is 3.13. The molecule has 0 spiro atoms. The summed E-state index contributed by atoms with van der Waals surface area (Å²) in [5, 5.41) is 2.42. The first-order valence-electron chi connectivity index (χ1n) is 8.16. The summed E-state index contributed by atoms with van der Waals surface area (Å²) >= 11 is 0. The van der Waals surface area contributed by atoms with Crippen LogP contribution in [0, 0.1) is 5.92 Å². The van der Waals surface area contributed by atoms with Crippen molar-refractivity contribution < 1.29 is 4.79 Å². The summed E-state index contributed by atoms with van der Waals surface area (Å²) in [5.74, 6) is 0.818. The molecule has 3 aromatic rings. The Hall–Kier alpha value is -2.09. The molecule has 0 fully saturated rings. The number of para-hydroxylation sites is 1. The highest BCUT2D eigenvalue weighted by Gasteiger charge is 2.12. The molecule has 2 aromatic carbocycles. The monoisotopic (exact) mass is 293 g/mol. The van der Waals surface area contributed by atoms with Gasteiger partial charge in [0.15, 0.2) is 5.78 Å². The summed E-state index contributed by atoms with van der Waals surface area (Å²) in [4.78, 5) is 12.4. The van der Waals surface area contributed by atoms with Crippen LogP contribution in [0.5, 0.6) is 0 Å². The van der Waals surface area contributed by atoms with Crippen molar-refractivity contribution in [3.63, 3.8) is 0 Å². The molecule has 0 atom stereocenters. The van der Waals surface area contributed by atoms with Gasteiger partial charge in [0.05, 0.1) is 0 Å². The largest absolute Gasteiger partial charge is 0.341 e. The Kier molecular flexibility index (Phi) is 4.02. The summed E-state index contributed by atoms with van der Waals surface area (Å²) in [6.45, 7) is 7.41. The Morgan fingerprint density at radius 1 is 1.05 bits per heavy atom.